The highest BCUT2D eigenvalue weighted by Crippen LogP contribution is 2.38. The Balaban J connectivity index is 1.41. The highest BCUT2D eigenvalue weighted by atomic mass is 19.1. The number of hydrogen-bond acceptors (Lipinski definition) is 8. The van der Waals surface area contributed by atoms with E-state index in [1.807, 2.05) is 30.3 Å². The number of aromatic amines is 1. The average molecular weight is 745 g/mol. The van der Waals surface area contributed by atoms with Crippen LogP contribution in [-0.2, 0) is 32.0 Å². The molecule has 0 spiro atoms. The molecule has 5 amide bonds. The van der Waals surface area contributed by atoms with Gasteiger partial charge in [-0.25, -0.2) is 4.39 Å². The predicted octanol–water partition coefficient (Wildman–Crippen LogP) is 2.56. The number of hydrogen-bond donors (Lipinski definition) is 5. The summed E-state index contributed by atoms with van der Waals surface area (Å²) in [6.07, 6.45) is 0.388. The summed E-state index contributed by atoms with van der Waals surface area (Å²) in [5, 5.41) is 11.6. The summed E-state index contributed by atoms with van der Waals surface area (Å²) in [6.45, 7) is 3.25. The van der Waals surface area contributed by atoms with Crippen LogP contribution in [0.15, 0.2) is 60.7 Å². The maximum Gasteiger partial charge on any atom is 0.252 e. The van der Waals surface area contributed by atoms with Gasteiger partial charge in [-0.15, -0.1) is 0 Å². The van der Waals surface area contributed by atoms with Crippen LogP contribution in [0.3, 0.4) is 0 Å². The third-order valence-corrected chi connectivity index (χ3v) is 9.05. The number of amides is 5. The number of carbonyl (C=O) groups is 5. The first-order valence-electron chi connectivity index (χ1n) is 17.6. The van der Waals surface area contributed by atoms with E-state index in [1.165, 1.54) is 50.3 Å². The van der Waals surface area contributed by atoms with Crippen LogP contribution >= 0.6 is 0 Å². The smallest absolute Gasteiger partial charge is 0.252 e. The predicted molar refractivity (Wildman–Crippen MR) is 198 cm³/mol. The van der Waals surface area contributed by atoms with Crippen molar-refractivity contribution in [3.05, 3.63) is 88.9 Å². The molecule has 0 fully saturated rings. The number of halogens is 1. The number of benzene rings is 3. The number of methoxy groups -OCH3 is 2. The molecule has 0 saturated carbocycles. The molecular weight excluding hydrogens is 699 g/mol. The summed E-state index contributed by atoms with van der Waals surface area (Å²) >= 11 is 0. The van der Waals surface area contributed by atoms with Gasteiger partial charge < -0.3 is 45.4 Å². The zero-order valence-corrected chi connectivity index (χ0v) is 30.7. The van der Waals surface area contributed by atoms with Crippen LogP contribution in [0.25, 0.3) is 10.9 Å². The SMILES string of the molecule is COc1cc2cc(OC)c1OCCCNC(=O)CN(C(=O)Cc1c(C)[nH]c3ccc(F)cc13)CCNC(=O)[C@@H](Cc1ccccc1)NC(=O)[C@H](C)NC2=O. The van der Waals surface area contributed by atoms with Gasteiger partial charge in [0.1, 0.15) is 17.9 Å². The van der Waals surface area contributed by atoms with Gasteiger partial charge >= 0.3 is 0 Å². The van der Waals surface area contributed by atoms with Crippen molar-refractivity contribution < 1.29 is 42.6 Å². The molecule has 286 valence electrons. The average Bonchev–Trinajstić information content (AvgIpc) is 3.46. The van der Waals surface area contributed by atoms with Gasteiger partial charge in [0.25, 0.3) is 5.91 Å². The molecule has 3 heterocycles. The van der Waals surface area contributed by atoms with Crippen molar-refractivity contribution >= 4 is 40.4 Å². The van der Waals surface area contributed by atoms with Gasteiger partial charge in [0.05, 0.1) is 33.8 Å². The number of carbonyl (C=O) groups excluding carboxylic acids is 5. The molecule has 2 aliphatic heterocycles. The monoisotopic (exact) mass is 744 g/mol. The van der Waals surface area contributed by atoms with E-state index in [0.29, 0.717) is 28.6 Å². The Morgan fingerprint density at radius 2 is 1.65 bits per heavy atom. The van der Waals surface area contributed by atoms with Crippen molar-refractivity contribution in [2.45, 2.75) is 45.2 Å². The van der Waals surface area contributed by atoms with Gasteiger partial charge in [-0.1, -0.05) is 30.3 Å². The van der Waals surface area contributed by atoms with Crippen LogP contribution < -0.4 is 35.5 Å². The molecule has 0 radical (unpaired) electrons. The molecule has 2 bridgehead atoms. The minimum Gasteiger partial charge on any atom is -0.493 e. The van der Waals surface area contributed by atoms with Gasteiger partial charge in [-0.3, -0.25) is 24.0 Å². The lowest BCUT2D eigenvalue weighted by Gasteiger charge is -2.25. The molecule has 0 aliphatic carbocycles. The van der Waals surface area contributed by atoms with E-state index >= 15 is 0 Å². The van der Waals surface area contributed by atoms with Gasteiger partial charge in [0.2, 0.25) is 29.4 Å². The largest absolute Gasteiger partial charge is 0.493 e. The number of aromatic nitrogens is 1. The van der Waals surface area contributed by atoms with E-state index < -0.39 is 47.4 Å². The molecule has 6 rings (SSSR count). The van der Waals surface area contributed by atoms with Crippen molar-refractivity contribution in [1.82, 2.24) is 31.2 Å². The molecule has 2 aliphatic rings. The first kappa shape index (κ1) is 39.1. The van der Waals surface area contributed by atoms with E-state index in [9.17, 15) is 28.4 Å². The molecular formula is C39H45FN6O8. The second kappa shape index (κ2) is 18.1. The van der Waals surface area contributed by atoms with Gasteiger partial charge in [0.15, 0.2) is 11.5 Å². The zero-order chi connectivity index (χ0) is 38.8. The van der Waals surface area contributed by atoms with Gasteiger partial charge in [-0.2, -0.15) is 0 Å². The summed E-state index contributed by atoms with van der Waals surface area (Å²) < 4.78 is 31.1. The maximum absolute atomic E-state index is 14.2. The Morgan fingerprint density at radius 1 is 0.926 bits per heavy atom. The first-order valence-corrected chi connectivity index (χ1v) is 17.6. The number of fused-ring (bicyclic) bond motifs is 20. The van der Waals surface area contributed by atoms with E-state index in [1.54, 1.807) is 13.0 Å². The van der Waals surface area contributed by atoms with Crippen LogP contribution in [0.4, 0.5) is 4.39 Å². The summed E-state index contributed by atoms with van der Waals surface area (Å²) in [6, 6.07) is 14.2. The summed E-state index contributed by atoms with van der Waals surface area (Å²) in [5.41, 5.74) is 2.88. The number of rotatable bonds is 6. The van der Waals surface area contributed by atoms with Crippen LogP contribution in [0.5, 0.6) is 17.2 Å². The lowest BCUT2D eigenvalue weighted by atomic mass is 10.0. The van der Waals surface area contributed by atoms with Crippen LogP contribution in [0, 0.1) is 12.7 Å². The van der Waals surface area contributed by atoms with Crippen LogP contribution in [0.1, 0.15) is 40.5 Å². The molecule has 1 aromatic heterocycles. The normalized spacial score (nSPS) is 18.0. The van der Waals surface area contributed by atoms with Crippen LogP contribution in [0.2, 0.25) is 0 Å². The third kappa shape index (κ3) is 9.85. The fourth-order valence-corrected chi connectivity index (χ4v) is 6.13. The molecule has 14 nitrogen and oxygen atoms in total. The molecule has 4 aromatic rings. The molecule has 5 N–H and O–H groups in total. The van der Waals surface area contributed by atoms with Crippen molar-refractivity contribution in [2.75, 3.05) is 47.0 Å². The minimum absolute atomic E-state index is 0.0372. The number of aryl methyl sites for hydroxylation is 1. The second-order valence-electron chi connectivity index (χ2n) is 12.9. The number of nitrogens with one attached hydrogen (secondary N) is 5. The van der Waals surface area contributed by atoms with Crippen molar-refractivity contribution in [1.29, 1.82) is 0 Å². The third-order valence-electron chi connectivity index (χ3n) is 9.05. The Hall–Kier alpha value is -6.12. The fourth-order valence-electron chi connectivity index (χ4n) is 6.13. The summed E-state index contributed by atoms with van der Waals surface area (Å²) in [4.78, 5) is 71.9. The lowest BCUT2D eigenvalue weighted by Crippen LogP contribution is -2.54. The van der Waals surface area contributed by atoms with E-state index in [-0.39, 0.29) is 68.4 Å². The molecule has 54 heavy (non-hydrogen) atoms. The zero-order valence-electron chi connectivity index (χ0n) is 30.7. The summed E-state index contributed by atoms with van der Waals surface area (Å²) in [5.74, 6) is -2.36. The standard InChI is InChI=1S/C39H45FN6O8/c1-23-28(29-20-27(40)11-12-30(29)43-23)21-35(48)46-15-14-42-39(51)31(17-25-9-6-5-7-10-25)45-37(49)24(2)44-38(50)26-18-32(52-3)36(33(19-26)53-4)54-16-8-13-41-34(47)22-46/h5-7,9-12,18-20,24,31,43H,8,13-17,21-22H2,1-4H3,(H,41,47)(H,42,51)(H,44,50)(H,45,49)/t24-,31+/m0/s1. The van der Waals surface area contributed by atoms with E-state index in [2.05, 4.69) is 26.3 Å². The number of ether oxygens (including phenoxy) is 3. The topological polar surface area (TPSA) is 180 Å². The molecule has 15 heteroatoms. The lowest BCUT2D eigenvalue weighted by molar-refractivity contribution is -0.135. The molecule has 0 unspecified atom stereocenters. The fraction of sp³-hybridized carbons (Fsp3) is 0.359. The summed E-state index contributed by atoms with van der Waals surface area (Å²) in [7, 11) is 2.82. The maximum atomic E-state index is 14.2. The highest BCUT2D eigenvalue weighted by Gasteiger charge is 2.27. The van der Waals surface area contributed by atoms with Crippen LogP contribution in [-0.4, -0.2) is 98.5 Å². The van der Waals surface area contributed by atoms with Gasteiger partial charge in [0, 0.05) is 48.2 Å². The van der Waals surface area contributed by atoms with E-state index in [4.69, 9.17) is 14.2 Å². The van der Waals surface area contributed by atoms with E-state index in [0.717, 1.165) is 5.56 Å². The minimum atomic E-state index is -1.05. The van der Waals surface area contributed by atoms with Crippen molar-refractivity contribution in [3.8, 4) is 17.2 Å². The highest BCUT2D eigenvalue weighted by molar-refractivity contribution is 5.99. The molecule has 0 saturated heterocycles. The molecule has 2 atom stereocenters. The Morgan fingerprint density at radius 3 is 2.35 bits per heavy atom. The molecule has 3 aromatic carbocycles. The number of H-pyrrole nitrogens is 1. The second-order valence-corrected chi connectivity index (χ2v) is 12.9. The first-order chi connectivity index (χ1) is 26.0. The van der Waals surface area contributed by atoms with Crippen molar-refractivity contribution in [3.63, 3.8) is 0 Å². The number of nitrogens with zero attached hydrogens (tertiary/aromatic N) is 1. The Kier molecular flexibility index (Phi) is 13.1. The Labute approximate surface area is 312 Å². The quantitative estimate of drug-likeness (QED) is 0.187. The van der Waals surface area contributed by atoms with Gasteiger partial charge in [-0.05, 0) is 61.7 Å². The Bertz CT molecular complexity index is 1980. The van der Waals surface area contributed by atoms with Crippen molar-refractivity contribution in [2.24, 2.45) is 0 Å².